The first-order valence-electron chi connectivity index (χ1n) is 11.5. The largest absolute Gasteiger partial charge is 0.355 e. The Balaban J connectivity index is 1.31. The molecule has 4 aromatic heterocycles. The number of rotatable bonds is 4. The van der Waals surface area contributed by atoms with Gasteiger partial charge in [-0.05, 0) is 55.9 Å². The Morgan fingerprint density at radius 1 is 0.969 bits per heavy atom. The van der Waals surface area contributed by atoms with E-state index in [1.165, 1.54) is 32.1 Å². The minimum absolute atomic E-state index is 0.579. The summed E-state index contributed by atoms with van der Waals surface area (Å²) in [6.45, 7) is 2.08. The maximum absolute atomic E-state index is 4.96. The second-order valence-corrected chi connectivity index (χ2v) is 8.94. The molecule has 2 fully saturated rings. The second-order valence-electron chi connectivity index (χ2n) is 8.94. The molecule has 1 saturated heterocycles. The third kappa shape index (κ3) is 2.90. The molecule has 8 heteroatoms. The van der Waals surface area contributed by atoms with Gasteiger partial charge in [-0.15, -0.1) is 0 Å². The first kappa shape index (κ1) is 17.9. The highest BCUT2D eigenvalue weighted by Gasteiger charge is 2.24. The van der Waals surface area contributed by atoms with E-state index in [0.717, 1.165) is 63.5 Å². The zero-order chi connectivity index (χ0) is 21.1. The van der Waals surface area contributed by atoms with Crippen LogP contribution in [0.15, 0.2) is 42.9 Å². The van der Waals surface area contributed by atoms with Crippen LogP contribution in [0.1, 0.15) is 38.1 Å². The van der Waals surface area contributed by atoms with E-state index < -0.39 is 0 Å². The molecule has 1 aliphatic heterocycles. The third-order valence-electron chi connectivity index (χ3n) is 6.68. The van der Waals surface area contributed by atoms with Crippen molar-refractivity contribution in [2.75, 3.05) is 18.0 Å². The Labute approximate surface area is 184 Å². The number of anilines is 1. The molecule has 8 nitrogen and oxygen atoms in total. The van der Waals surface area contributed by atoms with E-state index in [1.54, 1.807) is 0 Å². The van der Waals surface area contributed by atoms with Gasteiger partial charge in [-0.3, -0.25) is 9.78 Å². The van der Waals surface area contributed by atoms with Crippen LogP contribution < -0.4 is 4.90 Å². The third-order valence-corrected chi connectivity index (χ3v) is 6.68. The number of nitrogens with zero attached hydrogens (tertiary/aromatic N) is 6. The molecular weight excluding hydrogens is 400 g/mol. The number of aromatic nitrogens is 7. The van der Waals surface area contributed by atoms with Crippen LogP contribution in [0.25, 0.3) is 44.6 Å². The molecule has 0 bridgehead atoms. The lowest BCUT2D eigenvalue weighted by molar-refractivity contribution is 0.574. The number of H-pyrrole nitrogens is 2. The molecule has 5 heterocycles. The van der Waals surface area contributed by atoms with Gasteiger partial charge < -0.3 is 9.88 Å². The fourth-order valence-corrected chi connectivity index (χ4v) is 4.77. The van der Waals surface area contributed by atoms with E-state index in [1.807, 2.05) is 18.5 Å². The summed E-state index contributed by atoms with van der Waals surface area (Å²) in [5.74, 6) is 1.74. The zero-order valence-corrected chi connectivity index (χ0v) is 17.8. The lowest BCUT2D eigenvalue weighted by Gasteiger charge is -2.27. The van der Waals surface area contributed by atoms with Crippen LogP contribution in [-0.2, 0) is 0 Å². The summed E-state index contributed by atoms with van der Waals surface area (Å²) in [5.41, 5.74) is 6.01. The smallest absolute Gasteiger partial charge is 0.159 e. The molecule has 0 unspecified atom stereocenters. The molecule has 2 N–H and O–H groups in total. The van der Waals surface area contributed by atoms with E-state index in [-0.39, 0.29) is 0 Å². The summed E-state index contributed by atoms with van der Waals surface area (Å²) in [4.78, 5) is 15.5. The topological polar surface area (TPSA) is 91.3 Å². The maximum Gasteiger partial charge on any atom is 0.159 e. The first-order chi connectivity index (χ1) is 15.8. The molecule has 0 atom stereocenters. The minimum Gasteiger partial charge on any atom is -0.355 e. The molecule has 5 aromatic rings. The van der Waals surface area contributed by atoms with E-state index in [9.17, 15) is 0 Å². The highest BCUT2D eigenvalue weighted by molar-refractivity contribution is 5.96. The number of nitrogens with one attached hydrogen (secondary N) is 2. The van der Waals surface area contributed by atoms with Crippen LogP contribution in [-0.4, -0.2) is 48.0 Å². The van der Waals surface area contributed by atoms with E-state index in [4.69, 9.17) is 4.98 Å². The number of pyridine rings is 1. The molecule has 160 valence electrons. The SMILES string of the molecule is c1cc2[nH]c(-c3n[nH]c4ccc(-c5cnn(C6CC6)c5)cc34)nc2c(N2CCCCC2)n1. The number of fused-ring (bicyclic) bond motifs is 2. The van der Waals surface area contributed by atoms with Crippen molar-refractivity contribution in [1.29, 1.82) is 0 Å². The van der Waals surface area contributed by atoms with Gasteiger partial charge in [0.05, 0.1) is 23.3 Å². The second kappa shape index (κ2) is 6.91. The fraction of sp³-hybridized carbons (Fsp3) is 0.333. The first-order valence-corrected chi connectivity index (χ1v) is 11.5. The molecule has 0 amide bonds. The predicted octanol–water partition coefficient (Wildman–Crippen LogP) is 4.69. The van der Waals surface area contributed by atoms with Crippen molar-refractivity contribution in [1.82, 2.24) is 34.9 Å². The Kier molecular flexibility index (Phi) is 3.88. The predicted molar refractivity (Wildman–Crippen MR) is 125 cm³/mol. The maximum atomic E-state index is 4.96. The van der Waals surface area contributed by atoms with E-state index in [0.29, 0.717) is 6.04 Å². The Bertz CT molecular complexity index is 1430. The van der Waals surface area contributed by atoms with Crippen LogP contribution in [0.4, 0.5) is 5.82 Å². The van der Waals surface area contributed by atoms with Gasteiger partial charge in [-0.2, -0.15) is 10.2 Å². The summed E-state index contributed by atoms with van der Waals surface area (Å²) in [6.07, 6.45) is 12.1. The number of hydrogen-bond donors (Lipinski definition) is 2. The molecule has 1 aliphatic carbocycles. The van der Waals surface area contributed by atoms with Crippen LogP contribution in [0.2, 0.25) is 0 Å². The van der Waals surface area contributed by atoms with Gasteiger partial charge in [-0.25, -0.2) is 9.97 Å². The minimum atomic E-state index is 0.579. The lowest BCUT2D eigenvalue weighted by atomic mass is 10.1. The van der Waals surface area contributed by atoms with Crippen molar-refractivity contribution >= 4 is 27.8 Å². The van der Waals surface area contributed by atoms with Gasteiger partial charge >= 0.3 is 0 Å². The van der Waals surface area contributed by atoms with Crippen molar-refractivity contribution in [3.05, 3.63) is 42.9 Å². The Morgan fingerprint density at radius 2 is 1.88 bits per heavy atom. The summed E-state index contributed by atoms with van der Waals surface area (Å²) in [6, 6.07) is 8.95. The highest BCUT2D eigenvalue weighted by atomic mass is 15.3. The van der Waals surface area contributed by atoms with E-state index >= 15 is 0 Å². The molecule has 0 radical (unpaired) electrons. The van der Waals surface area contributed by atoms with Gasteiger partial charge in [0, 0.05) is 36.4 Å². The van der Waals surface area contributed by atoms with Crippen molar-refractivity contribution in [2.45, 2.75) is 38.1 Å². The normalized spacial score (nSPS) is 16.9. The molecule has 0 spiro atoms. The van der Waals surface area contributed by atoms with Crippen LogP contribution in [0.5, 0.6) is 0 Å². The van der Waals surface area contributed by atoms with Crippen LogP contribution in [0, 0.1) is 0 Å². The fourth-order valence-electron chi connectivity index (χ4n) is 4.77. The van der Waals surface area contributed by atoms with Crippen LogP contribution >= 0.6 is 0 Å². The van der Waals surface area contributed by atoms with Gasteiger partial charge in [0.15, 0.2) is 11.6 Å². The molecule has 7 rings (SSSR count). The molecular formula is C24H24N8. The number of imidazole rings is 1. The summed E-state index contributed by atoms with van der Waals surface area (Å²) in [7, 11) is 0. The molecule has 32 heavy (non-hydrogen) atoms. The molecule has 1 saturated carbocycles. The highest BCUT2D eigenvalue weighted by Crippen LogP contribution is 2.36. The molecule has 1 aromatic carbocycles. The lowest BCUT2D eigenvalue weighted by Crippen LogP contribution is -2.30. The quantitative estimate of drug-likeness (QED) is 0.437. The van der Waals surface area contributed by atoms with Gasteiger partial charge in [0.2, 0.25) is 0 Å². The Morgan fingerprint density at radius 3 is 2.75 bits per heavy atom. The van der Waals surface area contributed by atoms with Crippen molar-refractivity contribution in [3.63, 3.8) is 0 Å². The number of benzene rings is 1. The van der Waals surface area contributed by atoms with Crippen molar-refractivity contribution < 1.29 is 0 Å². The number of piperidine rings is 1. The van der Waals surface area contributed by atoms with Gasteiger partial charge in [-0.1, -0.05) is 6.07 Å². The monoisotopic (exact) mass is 424 g/mol. The molecule has 2 aliphatic rings. The average Bonchev–Trinajstić information content (AvgIpc) is 3.24. The van der Waals surface area contributed by atoms with Crippen molar-refractivity contribution in [3.8, 4) is 22.6 Å². The van der Waals surface area contributed by atoms with Crippen LogP contribution in [0.3, 0.4) is 0 Å². The average molecular weight is 425 g/mol. The van der Waals surface area contributed by atoms with Gasteiger partial charge in [0.25, 0.3) is 0 Å². The number of aromatic amines is 2. The zero-order valence-electron chi connectivity index (χ0n) is 17.8. The van der Waals surface area contributed by atoms with Gasteiger partial charge in [0.1, 0.15) is 11.2 Å². The number of hydrogen-bond acceptors (Lipinski definition) is 5. The standard InChI is InChI=1S/C24H24N8/c1-2-10-31(11-3-1)24-22-20(8-9-25-24)27-23(28-22)21-18-12-15(4-7-19(18)29-30-21)16-13-26-32(14-16)17-5-6-17/h4,7-9,12-14,17H,1-3,5-6,10-11H2,(H,27,28)(H,29,30). The summed E-state index contributed by atoms with van der Waals surface area (Å²) >= 11 is 0. The summed E-state index contributed by atoms with van der Waals surface area (Å²) < 4.78 is 2.09. The van der Waals surface area contributed by atoms with Crippen molar-refractivity contribution in [2.24, 2.45) is 0 Å². The summed E-state index contributed by atoms with van der Waals surface area (Å²) in [5, 5.41) is 13.4. The van der Waals surface area contributed by atoms with E-state index in [2.05, 4.69) is 59.2 Å². The Hall–Kier alpha value is -3.68.